The van der Waals surface area contributed by atoms with Crippen molar-refractivity contribution in [1.82, 2.24) is 15.5 Å². The van der Waals surface area contributed by atoms with Gasteiger partial charge in [-0.3, -0.25) is 4.79 Å². The number of hydrogen-bond acceptors (Lipinski definition) is 3. The van der Waals surface area contributed by atoms with E-state index in [1.807, 2.05) is 0 Å². The van der Waals surface area contributed by atoms with Crippen molar-refractivity contribution in [3.05, 3.63) is 0 Å². The Hall–Kier alpha value is -0.610. The van der Waals surface area contributed by atoms with Crippen molar-refractivity contribution >= 4 is 5.91 Å². The fourth-order valence-electron chi connectivity index (χ4n) is 4.06. The van der Waals surface area contributed by atoms with Crippen LogP contribution in [0.3, 0.4) is 0 Å². The second-order valence-electron chi connectivity index (χ2n) is 7.28. The van der Waals surface area contributed by atoms with E-state index in [0.29, 0.717) is 29.3 Å². The van der Waals surface area contributed by atoms with E-state index >= 15 is 0 Å². The van der Waals surface area contributed by atoms with Crippen molar-refractivity contribution in [1.29, 1.82) is 0 Å². The van der Waals surface area contributed by atoms with Crippen molar-refractivity contribution in [3.8, 4) is 0 Å². The molecule has 2 N–H and O–H groups in total. The summed E-state index contributed by atoms with van der Waals surface area (Å²) < 4.78 is 0. The van der Waals surface area contributed by atoms with Crippen LogP contribution in [0.4, 0.5) is 0 Å². The number of carbonyl (C=O) groups is 1. The van der Waals surface area contributed by atoms with Gasteiger partial charge < -0.3 is 15.5 Å². The highest BCUT2D eigenvalue weighted by atomic mass is 16.2. The first-order valence-corrected chi connectivity index (χ1v) is 8.36. The largest absolute Gasteiger partial charge is 0.353 e. The van der Waals surface area contributed by atoms with Crippen LogP contribution in [0.15, 0.2) is 0 Å². The van der Waals surface area contributed by atoms with E-state index in [4.69, 9.17) is 0 Å². The van der Waals surface area contributed by atoms with Gasteiger partial charge in [-0.25, -0.2) is 0 Å². The molecule has 0 aromatic rings. The molecule has 4 heteroatoms. The Labute approximate surface area is 122 Å². The zero-order chi connectivity index (χ0) is 14.2. The van der Waals surface area contributed by atoms with Crippen LogP contribution in [-0.4, -0.2) is 49.1 Å². The smallest absolute Gasteiger partial charge is 0.223 e. The van der Waals surface area contributed by atoms with Gasteiger partial charge in [0.2, 0.25) is 5.91 Å². The molecule has 3 fully saturated rings. The summed E-state index contributed by atoms with van der Waals surface area (Å²) in [5, 5.41) is 6.73. The lowest BCUT2D eigenvalue weighted by atomic mass is 9.91. The number of piperidine rings is 2. The highest BCUT2D eigenvalue weighted by Gasteiger charge is 2.57. The molecule has 0 aromatic heterocycles. The SMILES string of the molecule is CC(C)N1CCC(NC(=O)C2CC23CCNCC3)CC1. The van der Waals surface area contributed by atoms with Gasteiger partial charge in [-0.2, -0.15) is 0 Å². The van der Waals surface area contributed by atoms with Crippen LogP contribution >= 0.6 is 0 Å². The summed E-state index contributed by atoms with van der Waals surface area (Å²) >= 11 is 0. The molecular formula is C16H29N3O. The van der Waals surface area contributed by atoms with E-state index in [2.05, 4.69) is 29.4 Å². The molecule has 114 valence electrons. The monoisotopic (exact) mass is 279 g/mol. The molecule has 20 heavy (non-hydrogen) atoms. The van der Waals surface area contributed by atoms with E-state index in [1.54, 1.807) is 0 Å². The minimum absolute atomic E-state index is 0.313. The van der Waals surface area contributed by atoms with Gasteiger partial charge in [0.05, 0.1) is 0 Å². The summed E-state index contributed by atoms with van der Waals surface area (Å²) in [6.07, 6.45) is 5.75. The third-order valence-electron chi connectivity index (χ3n) is 5.71. The number of hydrogen-bond donors (Lipinski definition) is 2. The molecule has 1 amide bonds. The number of nitrogens with zero attached hydrogens (tertiary/aromatic N) is 1. The maximum atomic E-state index is 12.4. The first kappa shape index (κ1) is 14.3. The van der Waals surface area contributed by atoms with Gasteiger partial charge >= 0.3 is 0 Å². The molecule has 1 spiro atoms. The Kier molecular flexibility index (Phi) is 4.04. The Balaban J connectivity index is 1.44. The number of nitrogens with one attached hydrogen (secondary N) is 2. The Morgan fingerprint density at radius 2 is 1.90 bits per heavy atom. The fourth-order valence-corrected chi connectivity index (χ4v) is 4.06. The molecule has 0 aromatic carbocycles. The van der Waals surface area contributed by atoms with Crippen LogP contribution in [0.25, 0.3) is 0 Å². The minimum Gasteiger partial charge on any atom is -0.353 e. The lowest BCUT2D eigenvalue weighted by Gasteiger charge is -2.35. The standard InChI is InChI=1S/C16H29N3O/c1-12(2)19-9-3-13(4-10-19)18-15(20)14-11-16(14)5-7-17-8-6-16/h12-14,17H,3-11H2,1-2H3,(H,18,20). The van der Waals surface area contributed by atoms with E-state index in [1.165, 1.54) is 12.8 Å². The molecule has 2 heterocycles. The van der Waals surface area contributed by atoms with Crippen molar-refractivity contribution in [2.24, 2.45) is 11.3 Å². The van der Waals surface area contributed by atoms with Crippen molar-refractivity contribution in [3.63, 3.8) is 0 Å². The van der Waals surface area contributed by atoms with Gasteiger partial charge in [-0.15, -0.1) is 0 Å². The molecule has 1 aliphatic carbocycles. The highest BCUT2D eigenvalue weighted by molar-refractivity contribution is 5.82. The molecule has 2 aliphatic heterocycles. The molecule has 1 unspecified atom stereocenters. The lowest BCUT2D eigenvalue weighted by Crippen LogP contribution is -2.47. The van der Waals surface area contributed by atoms with Crippen LogP contribution in [0.1, 0.15) is 46.0 Å². The van der Waals surface area contributed by atoms with Gasteiger partial charge in [0.1, 0.15) is 0 Å². The third-order valence-corrected chi connectivity index (χ3v) is 5.71. The predicted octanol–water partition coefficient (Wildman–Crippen LogP) is 1.37. The van der Waals surface area contributed by atoms with Crippen molar-refractivity contribution in [2.45, 2.75) is 58.0 Å². The maximum Gasteiger partial charge on any atom is 0.223 e. The number of likely N-dealkylation sites (tertiary alicyclic amines) is 1. The topological polar surface area (TPSA) is 44.4 Å². The minimum atomic E-state index is 0.313. The average molecular weight is 279 g/mol. The number of carbonyl (C=O) groups excluding carboxylic acids is 1. The normalized spacial score (nSPS) is 30.6. The van der Waals surface area contributed by atoms with Gasteiger partial charge in [0, 0.05) is 31.1 Å². The molecule has 1 atom stereocenters. The zero-order valence-corrected chi connectivity index (χ0v) is 13.0. The summed E-state index contributed by atoms with van der Waals surface area (Å²) in [5.74, 6) is 0.655. The second-order valence-corrected chi connectivity index (χ2v) is 7.28. The van der Waals surface area contributed by atoms with Crippen LogP contribution in [0.5, 0.6) is 0 Å². The number of amides is 1. The number of rotatable bonds is 3. The summed E-state index contributed by atoms with van der Waals surface area (Å²) in [5.41, 5.74) is 0.369. The van der Waals surface area contributed by atoms with Gasteiger partial charge in [0.25, 0.3) is 0 Å². The predicted molar refractivity (Wildman–Crippen MR) is 80.5 cm³/mol. The van der Waals surface area contributed by atoms with Crippen LogP contribution in [0.2, 0.25) is 0 Å². The second kappa shape index (κ2) is 5.64. The average Bonchev–Trinajstić information content (AvgIpc) is 3.14. The first-order valence-electron chi connectivity index (χ1n) is 8.36. The van der Waals surface area contributed by atoms with E-state index in [0.717, 1.165) is 45.4 Å². The lowest BCUT2D eigenvalue weighted by molar-refractivity contribution is -0.124. The molecule has 3 rings (SSSR count). The fraction of sp³-hybridized carbons (Fsp3) is 0.938. The van der Waals surface area contributed by atoms with E-state index in [-0.39, 0.29) is 0 Å². The van der Waals surface area contributed by atoms with Crippen LogP contribution < -0.4 is 10.6 Å². The highest BCUT2D eigenvalue weighted by Crippen LogP contribution is 2.58. The van der Waals surface area contributed by atoms with Gasteiger partial charge in [0.15, 0.2) is 0 Å². The molecule has 2 saturated heterocycles. The molecule has 3 aliphatic rings. The first-order chi connectivity index (χ1) is 9.61. The van der Waals surface area contributed by atoms with Crippen molar-refractivity contribution in [2.75, 3.05) is 26.2 Å². The maximum absolute atomic E-state index is 12.4. The van der Waals surface area contributed by atoms with Crippen molar-refractivity contribution < 1.29 is 4.79 Å². The summed E-state index contributed by atoms with van der Waals surface area (Å²) in [6, 6.07) is 1.05. The van der Waals surface area contributed by atoms with Gasteiger partial charge in [-0.1, -0.05) is 0 Å². The molecule has 0 radical (unpaired) electrons. The Morgan fingerprint density at radius 3 is 2.50 bits per heavy atom. The summed E-state index contributed by atoms with van der Waals surface area (Å²) in [6.45, 7) is 8.95. The third kappa shape index (κ3) is 2.86. The zero-order valence-electron chi connectivity index (χ0n) is 13.0. The van der Waals surface area contributed by atoms with E-state index < -0.39 is 0 Å². The Bertz CT molecular complexity index is 355. The molecular weight excluding hydrogens is 250 g/mol. The quantitative estimate of drug-likeness (QED) is 0.820. The molecule has 1 saturated carbocycles. The molecule has 0 bridgehead atoms. The molecule has 4 nitrogen and oxygen atoms in total. The Morgan fingerprint density at radius 1 is 1.25 bits per heavy atom. The van der Waals surface area contributed by atoms with Crippen LogP contribution in [0, 0.1) is 11.3 Å². The van der Waals surface area contributed by atoms with Crippen LogP contribution in [-0.2, 0) is 4.79 Å². The van der Waals surface area contributed by atoms with E-state index in [9.17, 15) is 4.79 Å². The summed E-state index contributed by atoms with van der Waals surface area (Å²) in [4.78, 5) is 14.9. The summed E-state index contributed by atoms with van der Waals surface area (Å²) in [7, 11) is 0. The van der Waals surface area contributed by atoms with Gasteiger partial charge in [-0.05, 0) is 64.5 Å².